The van der Waals surface area contributed by atoms with E-state index >= 15 is 0 Å². The molecule has 0 saturated carbocycles. The second-order valence-corrected chi connectivity index (χ2v) is 3.59. The standard InChI is InChI=1S/C10H17N3O2/c1-3-8(6-11)5-10(14)12-9-4-7(2)15-13-9/h4,8H,3,5-6,11H2,1-2H3,(H,12,13,14). The van der Waals surface area contributed by atoms with Gasteiger partial charge >= 0.3 is 0 Å². The summed E-state index contributed by atoms with van der Waals surface area (Å²) in [5, 5.41) is 6.34. The van der Waals surface area contributed by atoms with E-state index in [1.165, 1.54) is 0 Å². The molecule has 0 aliphatic carbocycles. The number of nitrogens with zero attached hydrogens (tertiary/aromatic N) is 1. The molecule has 0 aliphatic rings. The van der Waals surface area contributed by atoms with E-state index in [0.29, 0.717) is 24.5 Å². The van der Waals surface area contributed by atoms with Gasteiger partial charge in [0.2, 0.25) is 5.91 Å². The lowest BCUT2D eigenvalue weighted by Gasteiger charge is -2.10. The molecule has 0 saturated heterocycles. The molecule has 84 valence electrons. The summed E-state index contributed by atoms with van der Waals surface area (Å²) in [5.74, 6) is 1.30. The lowest BCUT2D eigenvalue weighted by atomic mass is 10.0. The molecule has 0 radical (unpaired) electrons. The number of carbonyl (C=O) groups excluding carboxylic acids is 1. The molecule has 3 N–H and O–H groups in total. The minimum Gasteiger partial charge on any atom is -0.360 e. The molecule has 0 aromatic carbocycles. The maximum Gasteiger partial charge on any atom is 0.225 e. The number of aryl methyl sites for hydroxylation is 1. The Labute approximate surface area is 89.0 Å². The molecule has 5 heteroatoms. The second-order valence-electron chi connectivity index (χ2n) is 3.59. The molecule has 0 spiro atoms. The van der Waals surface area contributed by atoms with Gasteiger partial charge < -0.3 is 15.6 Å². The first kappa shape index (κ1) is 11.7. The third-order valence-corrected chi connectivity index (χ3v) is 2.28. The van der Waals surface area contributed by atoms with Gasteiger partial charge in [0, 0.05) is 12.5 Å². The van der Waals surface area contributed by atoms with E-state index in [1.54, 1.807) is 13.0 Å². The number of nitrogens with two attached hydrogens (primary N) is 1. The Balaban J connectivity index is 2.42. The maximum atomic E-state index is 11.5. The van der Waals surface area contributed by atoms with E-state index in [0.717, 1.165) is 6.42 Å². The van der Waals surface area contributed by atoms with Crippen molar-refractivity contribution >= 4 is 11.7 Å². The van der Waals surface area contributed by atoms with Crippen LogP contribution in [0.2, 0.25) is 0 Å². The third-order valence-electron chi connectivity index (χ3n) is 2.28. The monoisotopic (exact) mass is 211 g/mol. The highest BCUT2D eigenvalue weighted by atomic mass is 16.5. The predicted molar refractivity (Wildman–Crippen MR) is 57.3 cm³/mol. The Morgan fingerprint density at radius 1 is 1.73 bits per heavy atom. The summed E-state index contributed by atoms with van der Waals surface area (Å²) in [4.78, 5) is 11.5. The number of hydrogen-bond acceptors (Lipinski definition) is 4. The summed E-state index contributed by atoms with van der Waals surface area (Å²) in [7, 11) is 0. The summed E-state index contributed by atoms with van der Waals surface area (Å²) in [5.41, 5.74) is 5.51. The van der Waals surface area contributed by atoms with E-state index in [-0.39, 0.29) is 11.8 Å². The van der Waals surface area contributed by atoms with Crippen molar-refractivity contribution in [2.24, 2.45) is 11.7 Å². The lowest BCUT2D eigenvalue weighted by Crippen LogP contribution is -2.21. The van der Waals surface area contributed by atoms with Crippen molar-refractivity contribution in [3.63, 3.8) is 0 Å². The highest BCUT2D eigenvalue weighted by Crippen LogP contribution is 2.10. The zero-order chi connectivity index (χ0) is 11.3. The zero-order valence-electron chi connectivity index (χ0n) is 9.12. The number of amides is 1. The van der Waals surface area contributed by atoms with Gasteiger partial charge in [-0.3, -0.25) is 4.79 Å². The Morgan fingerprint density at radius 3 is 2.93 bits per heavy atom. The van der Waals surface area contributed by atoms with Crippen LogP contribution in [0.5, 0.6) is 0 Å². The maximum absolute atomic E-state index is 11.5. The summed E-state index contributed by atoms with van der Waals surface area (Å²) in [6.07, 6.45) is 1.33. The van der Waals surface area contributed by atoms with Gasteiger partial charge in [-0.2, -0.15) is 0 Å². The fourth-order valence-electron chi connectivity index (χ4n) is 1.28. The Bertz CT molecular complexity index is 318. The van der Waals surface area contributed by atoms with Crippen molar-refractivity contribution in [3.05, 3.63) is 11.8 Å². The summed E-state index contributed by atoms with van der Waals surface area (Å²) in [6.45, 7) is 4.32. The van der Waals surface area contributed by atoms with Gasteiger partial charge in [0.1, 0.15) is 5.76 Å². The fraction of sp³-hybridized carbons (Fsp3) is 0.600. The molecule has 1 unspecified atom stereocenters. The number of carbonyl (C=O) groups is 1. The first-order valence-electron chi connectivity index (χ1n) is 5.09. The van der Waals surface area contributed by atoms with Crippen LogP contribution in [0.1, 0.15) is 25.5 Å². The van der Waals surface area contributed by atoms with Gasteiger partial charge in [-0.05, 0) is 19.4 Å². The number of hydrogen-bond donors (Lipinski definition) is 2. The summed E-state index contributed by atoms with van der Waals surface area (Å²) >= 11 is 0. The van der Waals surface area contributed by atoms with Gasteiger partial charge in [0.05, 0.1) is 0 Å². The van der Waals surface area contributed by atoms with Crippen molar-refractivity contribution in [2.45, 2.75) is 26.7 Å². The Kier molecular flexibility index (Phi) is 4.30. The van der Waals surface area contributed by atoms with Gasteiger partial charge in [-0.1, -0.05) is 18.5 Å². The predicted octanol–water partition coefficient (Wildman–Crippen LogP) is 1.30. The van der Waals surface area contributed by atoms with Crippen molar-refractivity contribution < 1.29 is 9.32 Å². The highest BCUT2D eigenvalue weighted by Gasteiger charge is 2.11. The molecule has 5 nitrogen and oxygen atoms in total. The SMILES string of the molecule is CCC(CN)CC(=O)Nc1cc(C)on1. The second kappa shape index (κ2) is 5.50. The van der Waals surface area contributed by atoms with Gasteiger partial charge in [-0.25, -0.2) is 0 Å². The molecular weight excluding hydrogens is 194 g/mol. The largest absolute Gasteiger partial charge is 0.360 e. The average Bonchev–Trinajstić information content (AvgIpc) is 2.60. The molecule has 1 aromatic rings. The lowest BCUT2D eigenvalue weighted by molar-refractivity contribution is -0.117. The van der Waals surface area contributed by atoms with Crippen LogP contribution in [-0.2, 0) is 4.79 Å². The molecule has 0 fully saturated rings. The van der Waals surface area contributed by atoms with Crippen LogP contribution in [0.3, 0.4) is 0 Å². The van der Waals surface area contributed by atoms with Gasteiger partial charge in [0.15, 0.2) is 5.82 Å². The van der Waals surface area contributed by atoms with E-state index in [4.69, 9.17) is 10.3 Å². The Morgan fingerprint density at radius 2 is 2.47 bits per heavy atom. The normalized spacial score (nSPS) is 12.5. The first-order valence-corrected chi connectivity index (χ1v) is 5.09. The van der Waals surface area contributed by atoms with E-state index in [2.05, 4.69) is 10.5 Å². The molecule has 0 aliphatic heterocycles. The van der Waals surface area contributed by atoms with Crippen LogP contribution in [-0.4, -0.2) is 17.6 Å². The number of nitrogens with one attached hydrogen (secondary N) is 1. The van der Waals surface area contributed by atoms with Crippen LogP contribution in [0.4, 0.5) is 5.82 Å². The van der Waals surface area contributed by atoms with E-state index < -0.39 is 0 Å². The molecule has 1 rings (SSSR count). The summed E-state index contributed by atoms with van der Waals surface area (Å²) in [6, 6.07) is 1.68. The van der Waals surface area contributed by atoms with Crippen LogP contribution < -0.4 is 11.1 Å². The van der Waals surface area contributed by atoms with Gasteiger partial charge in [0.25, 0.3) is 0 Å². The molecular formula is C10H17N3O2. The fourth-order valence-corrected chi connectivity index (χ4v) is 1.28. The molecule has 15 heavy (non-hydrogen) atoms. The number of aromatic nitrogens is 1. The summed E-state index contributed by atoms with van der Waals surface area (Å²) < 4.78 is 4.83. The van der Waals surface area contributed by atoms with Crippen LogP contribution in [0.25, 0.3) is 0 Å². The Hall–Kier alpha value is -1.36. The van der Waals surface area contributed by atoms with Crippen molar-refractivity contribution in [3.8, 4) is 0 Å². The van der Waals surface area contributed by atoms with Crippen molar-refractivity contribution in [2.75, 3.05) is 11.9 Å². The van der Waals surface area contributed by atoms with Gasteiger partial charge in [-0.15, -0.1) is 0 Å². The first-order chi connectivity index (χ1) is 7.15. The minimum atomic E-state index is -0.0689. The highest BCUT2D eigenvalue weighted by molar-refractivity contribution is 5.89. The minimum absolute atomic E-state index is 0.0689. The van der Waals surface area contributed by atoms with Crippen LogP contribution >= 0.6 is 0 Å². The van der Waals surface area contributed by atoms with E-state index in [1.807, 2.05) is 6.92 Å². The molecule has 1 aromatic heterocycles. The van der Waals surface area contributed by atoms with Crippen LogP contribution in [0.15, 0.2) is 10.6 Å². The van der Waals surface area contributed by atoms with Crippen molar-refractivity contribution in [1.29, 1.82) is 0 Å². The topological polar surface area (TPSA) is 81.2 Å². The number of anilines is 1. The molecule has 1 amide bonds. The molecule has 1 heterocycles. The molecule has 0 bridgehead atoms. The smallest absolute Gasteiger partial charge is 0.225 e. The van der Waals surface area contributed by atoms with Crippen LogP contribution in [0, 0.1) is 12.8 Å². The quantitative estimate of drug-likeness (QED) is 0.769. The third kappa shape index (κ3) is 3.71. The zero-order valence-corrected chi connectivity index (χ0v) is 9.12. The number of rotatable bonds is 5. The average molecular weight is 211 g/mol. The molecule has 1 atom stereocenters. The van der Waals surface area contributed by atoms with E-state index in [9.17, 15) is 4.79 Å². The van der Waals surface area contributed by atoms with Crippen molar-refractivity contribution in [1.82, 2.24) is 5.16 Å².